The normalized spacial score (nSPS) is 11.5. The summed E-state index contributed by atoms with van der Waals surface area (Å²) in [5, 5.41) is 0. The van der Waals surface area contributed by atoms with Gasteiger partial charge in [0.25, 0.3) is 0 Å². The molecule has 21 heavy (non-hydrogen) atoms. The molecule has 0 N–H and O–H groups in total. The molecule has 0 aromatic heterocycles. The Labute approximate surface area is 126 Å². The van der Waals surface area contributed by atoms with Crippen LogP contribution in [0, 0.1) is 0 Å². The second kappa shape index (κ2) is 7.42. The summed E-state index contributed by atoms with van der Waals surface area (Å²) in [6.45, 7) is 4.63. The van der Waals surface area contributed by atoms with Gasteiger partial charge in [-0.3, -0.25) is 4.79 Å². The quantitative estimate of drug-likeness (QED) is 0.758. The van der Waals surface area contributed by atoms with E-state index in [1.807, 2.05) is 13.8 Å². The first-order valence-electron chi connectivity index (χ1n) is 6.75. The van der Waals surface area contributed by atoms with E-state index in [0.717, 1.165) is 4.31 Å². The summed E-state index contributed by atoms with van der Waals surface area (Å²) in [7, 11) is -0.962. The number of ether oxygens (including phenoxy) is 1. The fourth-order valence-corrected chi connectivity index (χ4v) is 3.22. The third kappa shape index (κ3) is 3.95. The van der Waals surface area contributed by atoms with Crippen molar-refractivity contribution in [3.05, 3.63) is 24.3 Å². The molecule has 0 aliphatic carbocycles. The lowest BCUT2D eigenvalue weighted by atomic mass is 10.3. The number of carbonyl (C=O) groups excluding carboxylic acids is 1. The van der Waals surface area contributed by atoms with Gasteiger partial charge in [-0.2, -0.15) is 4.31 Å². The minimum Gasteiger partial charge on any atom is -0.495 e. The second-order valence-corrected chi connectivity index (χ2v) is 6.49. The van der Waals surface area contributed by atoms with E-state index in [-0.39, 0.29) is 23.1 Å². The van der Waals surface area contributed by atoms with Crippen molar-refractivity contribution in [2.75, 3.05) is 33.8 Å². The first kappa shape index (κ1) is 17.5. The topological polar surface area (TPSA) is 66.9 Å². The van der Waals surface area contributed by atoms with E-state index in [9.17, 15) is 13.2 Å². The van der Waals surface area contributed by atoms with Gasteiger partial charge in [0.05, 0.1) is 13.7 Å². The molecule has 0 unspecified atom stereocenters. The molecule has 0 atom stereocenters. The molecule has 1 aromatic carbocycles. The van der Waals surface area contributed by atoms with Crippen LogP contribution in [0.5, 0.6) is 5.75 Å². The number of carbonyl (C=O) groups is 1. The number of likely N-dealkylation sites (N-methyl/N-ethyl adjacent to an activating group) is 2. The molecule has 0 spiro atoms. The first-order chi connectivity index (χ1) is 9.88. The van der Waals surface area contributed by atoms with Crippen LogP contribution in [0.15, 0.2) is 29.2 Å². The number of hydrogen-bond acceptors (Lipinski definition) is 4. The van der Waals surface area contributed by atoms with Crippen molar-refractivity contribution in [3.8, 4) is 5.75 Å². The van der Waals surface area contributed by atoms with E-state index in [4.69, 9.17) is 4.74 Å². The van der Waals surface area contributed by atoms with Gasteiger partial charge in [0.1, 0.15) is 10.6 Å². The largest absolute Gasteiger partial charge is 0.495 e. The molecule has 6 nitrogen and oxygen atoms in total. The molecular weight excluding hydrogens is 292 g/mol. The average Bonchev–Trinajstić information content (AvgIpc) is 2.48. The highest BCUT2D eigenvalue weighted by Gasteiger charge is 2.27. The molecule has 0 fully saturated rings. The summed E-state index contributed by atoms with van der Waals surface area (Å²) in [4.78, 5) is 13.7. The second-order valence-electron chi connectivity index (χ2n) is 4.48. The SMILES string of the molecule is CCN(CC)C(=O)CN(C)S(=O)(=O)c1ccccc1OC. The van der Waals surface area contributed by atoms with Crippen LogP contribution in [0.25, 0.3) is 0 Å². The lowest BCUT2D eigenvalue weighted by molar-refractivity contribution is -0.130. The lowest BCUT2D eigenvalue weighted by Gasteiger charge is -2.23. The fourth-order valence-electron chi connectivity index (χ4n) is 1.95. The van der Waals surface area contributed by atoms with Gasteiger partial charge in [0.2, 0.25) is 15.9 Å². The zero-order valence-electron chi connectivity index (χ0n) is 12.9. The Morgan fingerprint density at radius 1 is 1.19 bits per heavy atom. The molecule has 0 saturated heterocycles. The zero-order chi connectivity index (χ0) is 16.0. The van der Waals surface area contributed by atoms with E-state index in [1.54, 1.807) is 23.1 Å². The maximum absolute atomic E-state index is 12.5. The molecule has 0 saturated carbocycles. The summed E-state index contributed by atoms with van der Waals surface area (Å²) in [6.07, 6.45) is 0. The predicted molar refractivity (Wildman–Crippen MR) is 80.7 cm³/mol. The maximum Gasteiger partial charge on any atom is 0.246 e. The van der Waals surface area contributed by atoms with E-state index < -0.39 is 10.0 Å². The van der Waals surface area contributed by atoms with Crippen LogP contribution < -0.4 is 4.74 Å². The molecule has 0 aliphatic rings. The highest BCUT2D eigenvalue weighted by Crippen LogP contribution is 2.25. The van der Waals surface area contributed by atoms with Gasteiger partial charge in [-0.1, -0.05) is 12.1 Å². The Morgan fingerprint density at radius 3 is 2.29 bits per heavy atom. The Balaban J connectivity index is 3.00. The molecule has 7 heteroatoms. The highest BCUT2D eigenvalue weighted by atomic mass is 32.2. The number of methoxy groups -OCH3 is 1. The number of hydrogen-bond donors (Lipinski definition) is 0. The summed E-state index contributed by atoms with van der Waals surface area (Å²) >= 11 is 0. The van der Waals surface area contributed by atoms with Crippen LogP contribution in [-0.4, -0.2) is 57.3 Å². The van der Waals surface area contributed by atoms with Gasteiger partial charge in [-0.25, -0.2) is 8.42 Å². The van der Waals surface area contributed by atoms with Gasteiger partial charge in [-0.05, 0) is 26.0 Å². The summed E-state index contributed by atoms with van der Waals surface area (Å²) in [5.74, 6) is 0.0422. The monoisotopic (exact) mass is 314 g/mol. The van der Waals surface area contributed by atoms with Gasteiger partial charge >= 0.3 is 0 Å². The van der Waals surface area contributed by atoms with Crippen molar-refractivity contribution in [2.45, 2.75) is 18.7 Å². The molecule has 0 bridgehead atoms. The number of nitrogens with zero attached hydrogens (tertiary/aromatic N) is 2. The highest BCUT2D eigenvalue weighted by molar-refractivity contribution is 7.89. The van der Waals surface area contributed by atoms with E-state index in [0.29, 0.717) is 13.1 Å². The Bertz CT molecular complexity index is 582. The number of rotatable bonds is 7. The van der Waals surface area contributed by atoms with Crippen LogP contribution in [0.2, 0.25) is 0 Å². The van der Waals surface area contributed by atoms with Crippen LogP contribution >= 0.6 is 0 Å². The fraction of sp³-hybridized carbons (Fsp3) is 0.500. The van der Waals surface area contributed by atoms with E-state index >= 15 is 0 Å². The van der Waals surface area contributed by atoms with Crippen molar-refractivity contribution in [1.29, 1.82) is 0 Å². The third-order valence-electron chi connectivity index (χ3n) is 3.23. The first-order valence-corrected chi connectivity index (χ1v) is 8.19. The number of amides is 1. The predicted octanol–water partition coefficient (Wildman–Crippen LogP) is 1.18. The Hall–Kier alpha value is -1.60. The zero-order valence-corrected chi connectivity index (χ0v) is 13.7. The number of benzene rings is 1. The van der Waals surface area contributed by atoms with Gasteiger partial charge < -0.3 is 9.64 Å². The summed E-state index contributed by atoms with van der Waals surface area (Å²) in [5.41, 5.74) is 0. The Morgan fingerprint density at radius 2 is 1.76 bits per heavy atom. The molecule has 0 aliphatic heterocycles. The van der Waals surface area contributed by atoms with Crippen LogP contribution in [0.4, 0.5) is 0 Å². The third-order valence-corrected chi connectivity index (χ3v) is 5.07. The minimum atomic E-state index is -3.77. The molecular formula is C14H22N2O4S. The minimum absolute atomic E-state index is 0.0577. The molecule has 1 amide bonds. The number of para-hydroxylation sites is 1. The van der Waals surface area contributed by atoms with Crippen molar-refractivity contribution < 1.29 is 17.9 Å². The van der Waals surface area contributed by atoms with Crippen LogP contribution in [0.3, 0.4) is 0 Å². The summed E-state index contributed by atoms with van der Waals surface area (Å²) < 4.78 is 31.2. The standard InChI is InChI=1S/C14H22N2O4S/c1-5-16(6-2)14(17)11-15(3)21(18,19)13-10-8-7-9-12(13)20-4/h7-10H,5-6,11H2,1-4H3. The molecule has 1 rings (SSSR count). The maximum atomic E-state index is 12.5. The average molecular weight is 314 g/mol. The van der Waals surface area contributed by atoms with E-state index in [2.05, 4.69) is 0 Å². The molecule has 1 aromatic rings. The smallest absolute Gasteiger partial charge is 0.246 e. The number of sulfonamides is 1. The van der Waals surface area contributed by atoms with Gasteiger partial charge in [-0.15, -0.1) is 0 Å². The lowest BCUT2D eigenvalue weighted by Crippen LogP contribution is -2.41. The summed E-state index contributed by atoms with van der Waals surface area (Å²) in [6, 6.07) is 6.36. The van der Waals surface area contributed by atoms with Gasteiger partial charge in [0, 0.05) is 20.1 Å². The van der Waals surface area contributed by atoms with Gasteiger partial charge in [0.15, 0.2) is 0 Å². The molecule has 0 heterocycles. The van der Waals surface area contributed by atoms with Crippen molar-refractivity contribution >= 4 is 15.9 Å². The van der Waals surface area contributed by atoms with Crippen molar-refractivity contribution in [3.63, 3.8) is 0 Å². The Kier molecular flexibility index (Phi) is 6.17. The van der Waals surface area contributed by atoms with Crippen LogP contribution in [0.1, 0.15) is 13.8 Å². The van der Waals surface area contributed by atoms with Crippen molar-refractivity contribution in [2.24, 2.45) is 0 Å². The molecule has 0 radical (unpaired) electrons. The van der Waals surface area contributed by atoms with E-state index in [1.165, 1.54) is 20.2 Å². The van der Waals surface area contributed by atoms with Crippen molar-refractivity contribution in [1.82, 2.24) is 9.21 Å². The van der Waals surface area contributed by atoms with Crippen LogP contribution in [-0.2, 0) is 14.8 Å². The molecule has 118 valence electrons.